The monoisotopic (exact) mass is 1790 g/mol. The molecule has 6 aromatic heterocycles. The SMILES string of the molecule is CO[C@H]1C[C@@H]2CCC[C@@](O)(O2)C(=O)C(=O)N2CCCC[C@H]2C(=O)O[C@H]([C@H](N)C[C@@H]2CC[C@@H](OC(=O)NCc3cnc(N4CCN(C(=O)CCOCCN5CCN(c6ncc(C(=O)N7CCc8cc(Cn9nc(-c%10cnc%11[nH]ccc%11c%10)c%10c(N)ncnc%109)ccc8C7)cn6)CC5)CC4)nc3)[C@H](OC)C2)CC(=O)[C@H](C)/C=C(\C)[C@@H](O)[C@@H](O)C(=O)[C@H](C)C[C@H](C)/C=C/C=CC=C1C. The first kappa shape index (κ1) is 94.9. The van der Waals surface area contributed by atoms with E-state index in [1.807, 2.05) is 81.9 Å². The first-order valence-corrected chi connectivity index (χ1v) is 45.5. The van der Waals surface area contributed by atoms with Crippen LogP contribution in [0.3, 0.4) is 0 Å². The van der Waals surface area contributed by atoms with Crippen LogP contribution in [-0.2, 0) is 83.2 Å². The van der Waals surface area contributed by atoms with E-state index in [-0.39, 0.29) is 74.4 Å². The zero-order valence-corrected chi connectivity index (χ0v) is 75.2. The number of anilines is 3. The average Bonchev–Trinajstić information content (AvgIpc) is 1.62. The van der Waals surface area contributed by atoms with Crippen LogP contribution in [0.1, 0.15) is 157 Å². The number of amides is 4. The Balaban J connectivity index is 0.494. The van der Waals surface area contributed by atoms with Crippen LogP contribution in [0.4, 0.5) is 22.5 Å². The Hall–Kier alpha value is -11.2. The second-order valence-corrected chi connectivity index (χ2v) is 35.7. The van der Waals surface area contributed by atoms with Crippen molar-refractivity contribution in [2.45, 2.75) is 211 Å². The number of methoxy groups -OCH3 is 2. The van der Waals surface area contributed by atoms with Gasteiger partial charge >= 0.3 is 12.1 Å². The fourth-order valence-electron chi connectivity index (χ4n) is 18.7. The number of aromatic amines is 1. The summed E-state index contributed by atoms with van der Waals surface area (Å²) in [6.45, 7) is 16.6. The third-order valence-electron chi connectivity index (χ3n) is 26.5. The maximum atomic E-state index is 14.7. The molecule has 5 fully saturated rings. The van der Waals surface area contributed by atoms with E-state index in [0.717, 1.165) is 51.3 Å². The topological polar surface area (TPSA) is 460 Å². The number of allylic oxidation sites excluding steroid dienone is 6. The number of H-pyrrole nitrogens is 1. The Morgan fingerprint density at radius 3 is 2.25 bits per heavy atom. The lowest BCUT2D eigenvalue weighted by Gasteiger charge is -2.40. The molecule has 9 N–H and O–H groups in total. The number of benzene rings is 1. The summed E-state index contributed by atoms with van der Waals surface area (Å²) in [6, 6.07) is 8.05. The van der Waals surface area contributed by atoms with E-state index in [1.165, 1.54) is 32.0 Å². The van der Waals surface area contributed by atoms with Gasteiger partial charge in [-0.1, -0.05) is 75.4 Å². The lowest BCUT2D eigenvalue weighted by Crippen LogP contribution is -2.58. The van der Waals surface area contributed by atoms with Crippen LogP contribution < -0.4 is 26.6 Å². The molecule has 36 heteroatoms. The third-order valence-corrected chi connectivity index (χ3v) is 26.5. The van der Waals surface area contributed by atoms with E-state index >= 15 is 0 Å². The highest BCUT2D eigenvalue weighted by atomic mass is 16.6. The Morgan fingerprint density at radius 2 is 1.49 bits per heavy atom. The predicted molar refractivity (Wildman–Crippen MR) is 481 cm³/mol. The van der Waals surface area contributed by atoms with Gasteiger partial charge in [0, 0.05) is 190 Å². The molecule has 0 unspecified atom stereocenters. The number of nitrogens with one attached hydrogen (secondary N) is 2. The molecule has 4 amide bonds. The number of Topliss-reactive ketones (excluding diaryl/α,β-unsaturated/α-hetero) is 3. The summed E-state index contributed by atoms with van der Waals surface area (Å²) in [4.78, 5) is 158. The van der Waals surface area contributed by atoms with Crippen molar-refractivity contribution in [2.24, 2.45) is 29.4 Å². The van der Waals surface area contributed by atoms with Crippen molar-refractivity contribution in [3.05, 3.63) is 149 Å². The Bertz CT molecular complexity index is 5280. The minimum atomic E-state index is -2.48. The maximum absolute atomic E-state index is 14.7. The van der Waals surface area contributed by atoms with Gasteiger partial charge in [-0.3, -0.25) is 33.7 Å². The molecule has 36 nitrogen and oxygen atoms in total. The van der Waals surface area contributed by atoms with Gasteiger partial charge in [-0.25, -0.2) is 49.2 Å². The fraction of sp³-hybridized carbons (Fsp3) is 0.553. The second kappa shape index (κ2) is 43.7. The Morgan fingerprint density at radius 1 is 0.738 bits per heavy atom. The van der Waals surface area contributed by atoms with E-state index in [4.69, 9.17) is 45.0 Å². The number of aliphatic hydroxyl groups excluding tert-OH is 2. The number of piperidine rings is 1. The lowest BCUT2D eigenvalue weighted by molar-refractivity contribution is -0.245. The van der Waals surface area contributed by atoms with Crippen molar-refractivity contribution in [3.8, 4) is 11.3 Å². The number of fused-ring (bicyclic) bond motifs is 6. The van der Waals surface area contributed by atoms with Crippen molar-refractivity contribution < 1.29 is 82.1 Å². The molecule has 1 aromatic carbocycles. The molecule has 0 spiro atoms. The van der Waals surface area contributed by atoms with Gasteiger partial charge < -0.3 is 90.0 Å². The number of nitrogen functional groups attached to an aromatic ring is 1. The molecule has 696 valence electrons. The highest BCUT2D eigenvalue weighted by Crippen LogP contribution is 2.38. The highest BCUT2D eigenvalue weighted by Gasteiger charge is 2.50. The maximum Gasteiger partial charge on any atom is 0.407 e. The predicted octanol–water partition coefficient (Wildman–Crippen LogP) is 6.88. The number of aromatic nitrogens is 10. The number of cyclic esters (lactones) is 1. The van der Waals surface area contributed by atoms with Gasteiger partial charge in [-0.2, -0.15) is 5.10 Å². The number of carbonyl (C=O) groups excluding carboxylic acids is 8. The molecule has 1 aliphatic carbocycles. The molecule has 14 atom stereocenters. The van der Waals surface area contributed by atoms with Crippen LogP contribution in [0, 0.1) is 23.7 Å². The minimum Gasteiger partial charge on any atom is -0.459 e. The standard InChI is InChI=1S/C94H123N19O17/c1-57-14-9-8-10-15-58(2)75(125-6)46-70-16-13-25-94(124,130-70)84(119)89(121)112-27-12-11-17-72(112)90(122)128-76(47-73(114)59(3)41-61(5)82(117)83(118)81(116)60(4)40-57)71(95)43-62-19-21-74(77(44-62)126-7)129-93(123)103-50-64-48-99-91(100-49-64)110-35-33-108(34-36-110)78(115)24-38-127-39-37-107-29-31-109(32-30-107)92-101-52-69(53-102-92)88(120)111-28-23-65-42-63(18-20-67(65)55-111)54-113-87-79(85(96)104-56-105-87)80(106-113)68-45-66-22-26-97-86(66)98-51-68/h8-10,14-15,18,20,22,26,41-42,45,48-49,51-53,56-57,59-60,62,70-72,74-77,82-83,117-118,124H,11-13,16-17,19,21,23-25,27-40,43-44,46-47,50,54-55,95H2,1-7H3,(H,97,98)(H,103,123)(H2,96,104,105)/b10-8?,14-9+,58-15?,61-41+/t57-,59-,60-,62+,70+,71-,72+,74-,75+,76+,77-,82-,83+,94-/m1/s1. The number of pyridine rings is 1. The van der Waals surface area contributed by atoms with Crippen molar-refractivity contribution >= 4 is 86.9 Å². The number of ether oxygens (including phenoxy) is 6. The largest absolute Gasteiger partial charge is 0.459 e. The van der Waals surface area contributed by atoms with Crippen LogP contribution in [0.15, 0.2) is 121 Å². The van der Waals surface area contributed by atoms with Gasteiger partial charge in [-0.05, 0) is 136 Å². The van der Waals surface area contributed by atoms with E-state index in [0.29, 0.717) is 182 Å². The van der Waals surface area contributed by atoms with Crippen molar-refractivity contribution in [1.82, 2.24) is 74.6 Å². The summed E-state index contributed by atoms with van der Waals surface area (Å²) in [5.41, 5.74) is 21.7. The van der Waals surface area contributed by atoms with E-state index < -0.39 is 114 Å². The van der Waals surface area contributed by atoms with Gasteiger partial charge in [0.15, 0.2) is 11.4 Å². The summed E-state index contributed by atoms with van der Waals surface area (Å²) in [6.07, 6.45) is 19.0. The molecular weight excluding hydrogens is 1670 g/mol. The summed E-state index contributed by atoms with van der Waals surface area (Å²) in [5.74, 6) is -7.24. The van der Waals surface area contributed by atoms with Gasteiger partial charge in [-0.15, -0.1) is 0 Å². The number of carbonyl (C=O) groups is 8. The van der Waals surface area contributed by atoms with Crippen LogP contribution in [-0.4, -0.2) is 292 Å². The van der Waals surface area contributed by atoms with Crippen molar-refractivity contribution in [2.75, 3.05) is 115 Å². The molecule has 2 bridgehead atoms. The normalized spacial score (nSPS) is 26.9. The molecule has 4 saturated heterocycles. The molecule has 0 radical (unpaired) electrons. The molecule has 7 aromatic rings. The molecule has 7 aliphatic rings. The Kier molecular flexibility index (Phi) is 31.9. The van der Waals surface area contributed by atoms with E-state index in [1.54, 1.807) is 51.9 Å². The molecular formula is C94H123N19O17. The Labute approximate surface area is 756 Å². The quantitative estimate of drug-likeness (QED) is 0.0177. The molecule has 130 heavy (non-hydrogen) atoms. The van der Waals surface area contributed by atoms with E-state index in [2.05, 4.69) is 73.2 Å². The summed E-state index contributed by atoms with van der Waals surface area (Å²) in [7, 11) is 3.06. The molecule has 1 saturated carbocycles. The molecule has 6 aliphatic heterocycles. The van der Waals surface area contributed by atoms with Gasteiger partial charge in [0.2, 0.25) is 23.6 Å². The zero-order valence-electron chi connectivity index (χ0n) is 75.2. The second-order valence-electron chi connectivity index (χ2n) is 35.7. The van der Waals surface area contributed by atoms with E-state index in [9.17, 15) is 53.7 Å². The number of nitrogens with zero attached hydrogens (tertiary/aromatic N) is 15. The number of aliphatic hydroxyl groups is 3. The summed E-state index contributed by atoms with van der Waals surface area (Å²) < 4.78 is 37.9. The van der Waals surface area contributed by atoms with Gasteiger partial charge in [0.05, 0.1) is 55.4 Å². The van der Waals surface area contributed by atoms with Crippen molar-refractivity contribution in [3.63, 3.8) is 0 Å². The minimum absolute atomic E-state index is 0.00298. The van der Waals surface area contributed by atoms with Crippen LogP contribution in [0.2, 0.25) is 0 Å². The molecule has 14 rings (SSSR count). The fourth-order valence-corrected chi connectivity index (χ4v) is 18.7. The van der Waals surface area contributed by atoms with Gasteiger partial charge in [0.1, 0.15) is 59.7 Å². The average molecular weight is 1790 g/mol. The number of hydrogen-bond acceptors (Lipinski definition) is 30. The number of esters is 1. The third kappa shape index (κ3) is 23.4. The van der Waals surface area contributed by atoms with Crippen LogP contribution >= 0.6 is 0 Å². The number of hydrogen-bond donors (Lipinski definition) is 7. The zero-order chi connectivity index (χ0) is 91.9. The van der Waals surface area contributed by atoms with Crippen LogP contribution in [0.5, 0.6) is 0 Å². The first-order chi connectivity index (χ1) is 62.7. The number of ketones is 3. The van der Waals surface area contributed by atoms with Crippen molar-refractivity contribution in [1.29, 1.82) is 0 Å². The number of rotatable bonds is 20. The van der Waals surface area contributed by atoms with Gasteiger partial charge in [0.25, 0.3) is 17.6 Å². The number of nitrogens with two attached hydrogens (primary N) is 2. The first-order valence-electron chi connectivity index (χ1n) is 45.5. The smallest absolute Gasteiger partial charge is 0.407 e. The summed E-state index contributed by atoms with van der Waals surface area (Å²) >= 11 is 0. The summed E-state index contributed by atoms with van der Waals surface area (Å²) in [5, 5.41) is 43.8. The lowest BCUT2D eigenvalue weighted by atomic mass is 9.80. The molecule has 12 heterocycles. The number of piperazine rings is 2. The highest BCUT2D eigenvalue weighted by molar-refractivity contribution is 6.39. The van der Waals surface area contributed by atoms with Crippen LogP contribution in [0.25, 0.3) is 33.3 Å². The number of alkyl carbamates (subject to hydrolysis) is 1.